The predicted molar refractivity (Wildman–Crippen MR) is 229 cm³/mol. The Morgan fingerprint density at radius 1 is 0.339 bits per heavy atom. The Hall–Kier alpha value is -7.63. The van der Waals surface area contributed by atoms with Crippen LogP contribution in [-0.2, 0) is 0 Å². The molecule has 0 fully saturated rings. The van der Waals surface area contributed by atoms with Gasteiger partial charge >= 0.3 is 0 Å². The highest BCUT2D eigenvalue weighted by Crippen LogP contribution is 2.41. The lowest BCUT2D eigenvalue weighted by Gasteiger charge is -2.12. The molecule has 0 saturated carbocycles. The molecule has 5 nitrogen and oxygen atoms in total. The van der Waals surface area contributed by atoms with E-state index in [1.165, 1.54) is 5.39 Å². The van der Waals surface area contributed by atoms with Crippen molar-refractivity contribution in [2.75, 3.05) is 0 Å². The van der Waals surface area contributed by atoms with E-state index < -0.39 is 0 Å². The number of aromatic nitrogens is 4. The van der Waals surface area contributed by atoms with E-state index in [2.05, 4.69) is 150 Å². The summed E-state index contributed by atoms with van der Waals surface area (Å²) in [7, 11) is 0. The topological polar surface area (TPSA) is 56.7 Å². The molecule has 0 spiro atoms. The van der Waals surface area contributed by atoms with Gasteiger partial charge in [-0.15, -0.1) is 0 Å². The summed E-state index contributed by atoms with van der Waals surface area (Å²) < 4.78 is 9.20. The number of fused-ring (bicyclic) bond motifs is 7. The van der Waals surface area contributed by atoms with Gasteiger partial charge in [-0.2, -0.15) is 0 Å². The zero-order valence-electron chi connectivity index (χ0n) is 30.2. The smallest absolute Gasteiger partial charge is 0.164 e. The quantitative estimate of drug-likeness (QED) is 0.172. The van der Waals surface area contributed by atoms with E-state index in [1.54, 1.807) is 0 Å². The third-order valence-electron chi connectivity index (χ3n) is 10.6. The van der Waals surface area contributed by atoms with Crippen LogP contribution in [0.2, 0.25) is 0 Å². The molecule has 0 radical (unpaired) electrons. The summed E-state index contributed by atoms with van der Waals surface area (Å²) in [6, 6.07) is 67.3. The first-order valence-electron chi connectivity index (χ1n) is 18.8. The average Bonchev–Trinajstić information content (AvgIpc) is 3.83. The van der Waals surface area contributed by atoms with E-state index >= 15 is 0 Å². The summed E-state index contributed by atoms with van der Waals surface area (Å²) in [5.41, 5.74) is 12.0. The summed E-state index contributed by atoms with van der Waals surface area (Å²) in [4.78, 5) is 15.4. The van der Waals surface area contributed by atoms with Gasteiger partial charge in [0.1, 0.15) is 5.58 Å². The Labute approximate surface area is 322 Å². The summed E-state index contributed by atoms with van der Waals surface area (Å²) in [5, 5.41) is 4.44. The Kier molecular flexibility index (Phi) is 7.42. The molecule has 262 valence electrons. The monoisotopic (exact) mass is 716 g/mol. The maximum absolute atomic E-state index is 6.89. The van der Waals surface area contributed by atoms with Crippen LogP contribution in [0.15, 0.2) is 199 Å². The zero-order valence-corrected chi connectivity index (χ0v) is 30.2. The largest absolute Gasteiger partial charge is 0.454 e. The number of benzene rings is 8. The van der Waals surface area contributed by atoms with Gasteiger partial charge in [0.15, 0.2) is 23.1 Å². The third-order valence-corrected chi connectivity index (χ3v) is 10.6. The van der Waals surface area contributed by atoms with Crippen LogP contribution in [0.3, 0.4) is 0 Å². The number of nitrogens with zero attached hydrogens (tertiary/aromatic N) is 4. The molecule has 0 aliphatic rings. The minimum atomic E-state index is 0.575. The molecule has 5 heteroatoms. The molecule has 0 aliphatic carbocycles. The van der Waals surface area contributed by atoms with Crippen molar-refractivity contribution < 1.29 is 4.42 Å². The normalized spacial score (nSPS) is 11.6. The van der Waals surface area contributed by atoms with Crippen LogP contribution >= 0.6 is 0 Å². The molecule has 0 bridgehead atoms. The highest BCUT2D eigenvalue weighted by atomic mass is 16.3. The van der Waals surface area contributed by atoms with E-state index in [0.717, 1.165) is 83.0 Å². The minimum absolute atomic E-state index is 0.575. The van der Waals surface area contributed by atoms with E-state index in [1.807, 2.05) is 48.5 Å². The molecular weight excluding hydrogens is 685 g/mol. The molecule has 0 amide bonds. The van der Waals surface area contributed by atoms with Gasteiger partial charge in [0.05, 0.1) is 11.0 Å². The lowest BCUT2D eigenvalue weighted by Crippen LogP contribution is -2.00. The zero-order chi connectivity index (χ0) is 37.0. The molecule has 0 atom stereocenters. The highest BCUT2D eigenvalue weighted by Gasteiger charge is 2.20. The average molecular weight is 717 g/mol. The number of rotatable bonds is 6. The molecule has 0 aliphatic heterocycles. The van der Waals surface area contributed by atoms with Crippen molar-refractivity contribution >= 4 is 43.7 Å². The summed E-state index contributed by atoms with van der Waals surface area (Å²) in [6.45, 7) is 0. The lowest BCUT2D eigenvalue weighted by atomic mass is 9.96. The van der Waals surface area contributed by atoms with E-state index in [0.29, 0.717) is 17.5 Å². The summed E-state index contributed by atoms with van der Waals surface area (Å²) >= 11 is 0. The Balaban J connectivity index is 1.12. The fraction of sp³-hybridized carbons (Fsp3) is 0. The predicted octanol–water partition coefficient (Wildman–Crippen LogP) is 13.2. The van der Waals surface area contributed by atoms with Gasteiger partial charge in [-0.05, 0) is 76.9 Å². The SMILES string of the molecule is c1ccc(-c2cc(-c3ccccc3)cc(-c3nc(-c4ccccc4)nc(-c4ccc5c(c4)oc4c5ccc5c6ccccc6n(-c6ccccc6)c54)n3)c2)cc1. The molecule has 8 aromatic carbocycles. The second-order valence-electron chi connectivity index (χ2n) is 14.0. The molecule has 56 heavy (non-hydrogen) atoms. The van der Waals surface area contributed by atoms with E-state index in [4.69, 9.17) is 19.4 Å². The van der Waals surface area contributed by atoms with Crippen molar-refractivity contribution in [3.63, 3.8) is 0 Å². The molecule has 0 N–H and O–H groups in total. The van der Waals surface area contributed by atoms with Crippen LogP contribution in [0.1, 0.15) is 0 Å². The Morgan fingerprint density at radius 2 is 0.839 bits per heavy atom. The molecule has 0 saturated heterocycles. The van der Waals surface area contributed by atoms with Crippen molar-refractivity contribution in [3.8, 4) is 62.1 Å². The van der Waals surface area contributed by atoms with Gasteiger partial charge in [0, 0.05) is 43.9 Å². The first-order chi connectivity index (χ1) is 27.7. The van der Waals surface area contributed by atoms with Gasteiger partial charge in [-0.25, -0.2) is 15.0 Å². The maximum Gasteiger partial charge on any atom is 0.164 e. The first kappa shape index (κ1) is 31.9. The molecule has 0 unspecified atom stereocenters. The molecule has 3 aromatic heterocycles. The van der Waals surface area contributed by atoms with Gasteiger partial charge in [0.2, 0.25) is 0 Å². The van der Waals surface area contributed by atoms with Gasteiger partial charge in [-0.1, -0.05) is 140 Å². The van der Waals surface area contributed by atoms with Crippen molar-refractivity contribution in [1.82, 2.24) is 19.5 Å². The summed E-state index contributed by atoms with van der Waals surface area (Å²) in [5.74, 6) is 1.78. The fourth-order valence-corrected chi connectivity index (χ4v) is 7.97. The highest BCUT2D eigenvalue weighted by molar-refractivity contribution is 6.21. The van der Waals surface area contributed by atoms with Crippen molar-refractivity contribution in [2.24, 2.45) is 0 Å². The van der Waals surface area contributed by atoms with E-state index in [-0.39, 0.29) is 0 Å². The van der Waals surface area contributed by atoms with Crippen molar-refractivity contribution in [3.05, 3.63) is 194 Å². The van der Waals surface area contributed by atoms with Gasteiger partial charge < -0.3 is 8.98 Å². The maximum atomic E-state index is 6.89. The number of para-hydroxylation sites is 2. The second kappa shape index (κ2) is 13.0. The van der Waals surface area contributed by atoms with Gasteiger partial charge in [0.25, 0.3) is 0 Å². The van der Waals surface area contributed by atoms with Crippen LogP contribution in [0.25, 0.3) is 106 Å². The standard InChI is InChI=1S/C51H32N4O/c1-5-15-33(16-6-1)37-29-38(34-17-7-2-8-18-34)31-39(30-37)51-53-49(35-19-9-3-10-20-35)52-50(54-51)36-25-26-42-44-28-27-43-41-23-13-14-24-45(41)55(40-21-11-4-12-22-40)47(43)48(44)56-46(42)32-36/h1-32H. The van der Waals surface area contributed by atoms with Crippen LogP contribution < -0.4 is 0 Å². The summed E-state index contributed by atoms with van der Waals surface area (Å²) in [6.07, 6.45) is 0. The van der Waals surface area contributed by atoms with E-state index in [9.17, 15) is 0 Å². The van der Waals surface area contributed by atoms with Crippen molar-refractivity contribution in [2.45, 2.75) is 0 Å². The lowest BCUT2D eigenvalue weighted by molar-refractivity contribution is 0.671. The van der Waals surface area contributed by atoms with Gasteiger partial charge in [-0.3, -0.25) is 0 Å². The molecule has 11 rings (SSSR count). The van der Waals surface area contributed by atoms with Crippen molar-refractivity contribution in [1.29, 1.82) is 0 Å². The number of furan rings is 1. The fourth-order valence-electron chi connectivity index (χ4n) is 7.97. The Bertz CT molecular complexity index is 3170. The van der Waals surface area contributed by atoms with Crippen LogP contribution in [0, 0.1) is 0 Å². The van der Waals surface area contributed by atoms with Crippen LogP contribution in [0.4, 0.5) is 0 Å². The minimum Gasteiger partial charge on any atom is -0.454 e. The molecular formula is C51H32N4O. The first-order valence-corrected chi connectivity index (χ1v) is 18.8. The van der Waals surface area contributed by atoms with Crippen LogP contribution in [0.5, 0.6) is 0 Å². The number of hydrogen-bond donors (Lipinski definition) is 0. The number of hydrogen-bond acceptors (Lipinski definition) is 4. The van der Waals surface area contributed by atoms with Crippen LogP contribution in [-0.4, -0.2) is 19.5 Å². The molecule has 3 heterocycles. The second-order valence-corrected chi connectivity index (χ2v) is 14.0. The third kappa shape index (κ3) is 5.37. The molecule has 11 aromatic rings. The Morgan fingerprint density at radius 3 is 1.50 bits per heavy atom.